The summed E-state index contributed by atoms with van der Waals surface area (Å²) in [6.07, 6.45) is 0.699. The standard InChI is InChI=1S/C11H16N2O4S/c1-17-11(14)8-5-9(12)7-10(6-8)13-3-2-4-18(13,15)16/h5-7,15-16H,2-4,12H2,1H3. The highest BCUT2D eigenvalue weighted by Crippen LogP contribution is 2.51. The third-order valence-electron chi connectivity index (χ3n) is 2.78. The number of ether oxygens (including phenoxy) is 1. The van der Waals surface area contributed by atoms with Crippen LogP contribution in [0.1, 0.15) is 16.8 Å². The first-order chi connectivity index (χ1) is 8.44. The number of nitrogens with two attached hydrogens (primary N) is 1. The van der Waals surface area contributed by atoms with Crippen molar-refractivity contribution in [1.29, 1.82) is 0 Å². The van der Waals surface area contributed by atoms with Crippen LogP contribution in [0.5, 0.6) is 0 Å². The number of carbonyl (C=O) groups is 1. The van der Waals surface area contributed by atoms with Crippen LogP contribution in [-0.2, 0) is 4.74 Å². The van der Waals surface area contributed by atoms with Gasteiger partial charge in [-0.3, -0.25) is 13.4 Å². The summed E-state index contributed by atoms with van der Waals surface area (Å²) >= 11 is 0. The topological polar surface area (TPSA) is 96.0 Å². The van der Waals surface area contributed by atoms with E-state index in [0.29, 0.717) is 35.7 Å². The summed E-state index contributed by atoms with van der Waals surface area (Å²) in [4.78, 5) is 11.5. The van der Waals surface area contributed by atoms with E-state index in [1.807, 2.05) is 0 Å². The summed E-state index contributed by atoms with van der Waals surface area (Å²) < 4.78 is 25.9. The Bertz CT molecular complexity index is 478. The van der Waals surface area contributed by atoms with Crippen LogP contribution >= 0.6 is 10.8 Å². The van der Waals surface area contributed by atoms with E-state index in [1.165, 1.54) is 17.5 Å². The van der Waals surface area contributed by atoms with Gasteiger partial charge in [-0.1, -0.05) is 0 Å². The fourth-order valence-electron chi connectivity index (χ4n) is 1.97. The number of methoxy groups -OCH3 is 1. The molecule has 0 radical (unpaired) electrons. The zero-order chi connectivity index (χ0) is 13.3. The lowest BCUT2D eigenvalue weighted by atomic mass is 10.1. The van der Waals surface area contributed by atoms with Crippen LogP contribution in [0.25, 0.3) is 0 Å². The van der Waals surface area contributed by atoms with E-state index in [1.54, 1.807) is 12.1 Å². The average Bonchev–Trinajstić information content (AvgIpc) is 2.67. The molecule has 100 valence electrons. The normalized spacial score (nSPS) is 19.6. The van der Waals surface area contributed by atoms with E-state index in [0.717, 1.165) is 0 Å². The Morgan fingerprint density at radius 1 is 1.44 bits per heavy atom. The molecule has 0 aromatic heterocycles. The van der Waals surface area contributed by atoms with E-state index in [2.05, 4.69) is 4.74 Å². The molecular weight excluding hydrogens is 256 g/mol. The molecule has 1 fully saturated rings. The number of rotatable bonds is 2. The Morgan fingerprint density at radius 3 is 2.72 bits per heavy atom. The number of esters is 1. The molecule has 2 rings (SSSR count). The van der Waals surface area contributed by atoms with Crippen molar-refractivity contribution in [3.63, 3.8) is 0 Å². The molecule has 1 saturated heterocycles. The van der Waals surface area contributed by atoms with Gasteiger partial charge in [-0.15, -0.1) is 10.8 Å². The monoisotopic (exact) mass is 272 g/mol. The minimum atomic E-state index is -2.78. The second kappa shape index (κ2) is 4.68. The first-order valence-corrected chi connectivity index (χ1v) is 7.14. The smallest absolute Gasteiger partial charge is 0.337 e. The first-order valence-electron chi connectivity index (χ1n) is 5.46. The van der Waals surface area contributed by atoms with Crippen LogP contribution < -0.4 is 10.0 Å². The summed E-state index contributed by atoms with van der Waals surface area (Å²) in [5, 5.41) is 0. The van der Waals surface area contributed by atoms with Gasteiger partial charge in [0.25, 0.3) is 0 Å². The molecule has 6 nitrogen and oxygen atoms in total. The molecule has 1 aliphatic heterocycles. The van der Waals surface area contributed by atoms with Crippen molar-refractivity contribution < 1.29 is 18.6 Å². The third-order valence-corrected chi connectivity index (χ3v) is 4.72. The summed E-state index contributed by atoms with van der Waals surface area (Å²) in [5.74, 6) is -0.158. The molecule has 1 aliphatic rings. The van der Waals surface area contributed by atoms with Crippen LogP contribution in [0.2, 0.25) is 0 Å². The maximum Gasteiger partial charge on any atom is 0.337 e. The van der Waals surface area contributed by atoms with E-state index in [4.69, 9.17) is 5.73 Å². The van der Waals surface area contributed by atoms with Crippen molar-refractivity contribution in [2.75, 3.05) is 29.4 Å². The highest BCUT2D eigenvalue weighted by atomic mass is 32.3. The molecule has 0 spiro atoms. The van der Waals surface area contributed by atoms with Gasteiger partial charge in [-0.05, 0) is 24.6 Å². The number of nitrogens with zero attached hydrogens (tertiary/aromatic N) is 1. The lowest BCUT2D eigenvalue weighted by Gasteiger charge is -2.38. The van der Waals surface area contributed by atoms with Gasteiger partial charge in [0, 0.05) is 12.2 Å². The zero-order valence-corrected chi connectivity index (χ0v) is 10.8. The van der Waals surface area contributed by atoms with Crippen molar-refractivity contribution in [2.45, 2.75) is 6.42 Å². The lowest BCUT2D eigenvalue weighted by Crippen LogP contribution is -2.22. The Labute approximate surface area is 107 Å². The van der Waals surface area contributed by atoms with E-state index in [9.17, 15) is 13.9 Å². The molecule has 0 aliphatic carbocycles. The minimum absolute atomic E-state index is 0.301. The van der Waals surface area contributed by atoms with Gasteiger partial charge in [-0.2, -0.15) is 0 Å². The lowest BCUT2D eigenvalue weighted by molar-refractivity contribution is 0.0601. The summed E-state index contributed by atoms with van der Waals surface area (Å²) in [5.41, 5.74) is 6.94. The molecule has 7 heteroatoms. The van der Waals surface area contributed by atoms with Gasteiger partial charge in [0.05, 0.1) is 24.1 Å². The predicted molar refractivity (Wildman–Crippen MR) is 71.9 cm³/mol. The number of hydrogen-bond donors (Lipinski definition) is 3. The molecule has 1 aromatic rings. The van der Waals surface area contributed by atoms with Gasteiger partial charge in [0.1, 0.15) is 0 Å². The van der Waals surface area contributed by atoms with E-state index >= 15 is 0 Å². The quantitative estimate of drug-likeness (QED) is 0.562. The van der Waals surface area contributed by atoms with Gasteiger partial charge in [0.15, 0.2) is 0 Å². The second-order valence-electron chi connectivity index (χ2n) is 4.10. The van der Waals surface area contributed by atoms with Gasteiger partial charge >= 0.3 is 5.97 Å². The van der Waals surface area contributed by atoms with Crippen molar-refractivity contribution >= 4 is 28.1 Å². The number of hydrogen-bond acceptors (Lipinski definition) is 6. The van der Waals surface area contributed by atoms with Crippen LogP contribution in [0, 0.1) is 0 Å². The highest BCUT2D eigenvalue weighted by molar-refractivity contribution is 8.25. The molecule has 0 atom stereocenters. The molecule has 0 amide bonds. The maximum atomic E-state index is 11.5. The van der Waals surface area contributed by atoms with E-state index < -0.39 is 16.7 Å². The fourth-order valence-corrected chi connectivity index (χ4v) is 3.57. The molecule has 4 N–H and O–H groups in total. The highest BCUT2D eigenvalue weighted by Gasteiger charge is 2.29. The Hall–Kier alpha value is -1.44. The SMILES string of the molecule is COC(=O)c1cc(N)cc(N2CCCS2(O)O)c1. The van der Waals surface area contributed by atoms with Gasteiger partial charge < -0.3 is 10.5 Å². The molecule has 0 saturated carbocycles. The van der Waals surface area contributed by atoms with Crippen molar-refractivity contribution in [2.24, 2.45) is 0 Å². The Kier molecular flexibility index (Phi) is 3.38. The third kappa shape index (κ3) is 2.38. The predicted octanol–water partition coefficient (Wildman–Crippen LogP) is 1.93. The molecule has 1 aromatic carbocycles. The molecule has 1 heterocycles. The van der Waals surface area contributed by atoms with Gasteiger partial charge in [-0.25, -0.2) is 4.79 Å². The number of carbonyl (C=O) groups excluding carboxylic acids is 1. The average molecular weight is 272 g/mol. The minimum Gasteiger partial charge on any atom is -0.465 e. The van der Waals surface area contributed by atoms with Crippen LogP contribution in [0.15, 0.2) is 18.2 Å². The number of benzene rings is 1. The number of nitrogen functional groups attached to an aromatic ring is 1. The zero-order valence-electron chi connectivity index (χ0n) is 10.00. The van der Waals surface area contributed by atoms with Crippen molar-refractivity contribution in [1.82, 2.24) is 0 Å². The fraction of sp³-hybridized carbons (Fsp3) is 0.364. The van der Waals surface area contributed by atoms with Crippen molar-refractivity contribution in [3.05, 3.63) is 23.8 Å². The first kappa shape index (κ1) is 13.0. The Morgan fingerprint density at radius 2 is 2.17 bits per heavy atom. The van der Waals surface area contributed by atoms with Crippen LogP contribution in [0.4, 0.5) is 11.4 Å². The van der Waals surface area contributed by atoms with Crippen LogP contribution in [0.3, 0.4) is 0 Å². The second-order valence-corrected chi connectivity index (χ2v) is 6.21. The van der Waals surface area contributed by atoms with Crippen LogP contribution in [-0.4, -0.2) is 34.5 Å². The largest absolute Gasteiger partial charge is 0.465 e. The number of anilines is 2. The summed E-state index contributed by atoms with van der Waals surface area (Å²) in [6, 6.07) is 4.67. The van der Waals surface area contributed by atoms with Gasteiger partial charge in [0.2, 0.25) is 0 Å². The molecule has 0 bridgehead atoms. The maximum absolute atomic E-state index is 11.5. The summed E-state index contributed by atoms with van der Waals surface area (Å²) in [7, 11) is -1.49. The summed E-state index contributed by atoms with van der Waals surface area (Å²) in [6.45, 7) is 0.534. The molecular formula is C11H16N2O4S. The molecule has 18 heavy (non-hydrogen) atoms. The molecule has 0 unspecified atom stereocenters. The van der Waals surface area contributed by atoms with Crippen molar-refractivity contribution in [3.8, 4) is 0 Å². The van der Waals surface area contributed by atoms with E-state index in [-0.39, 0.29) is 0 Å². The Balaban J connectivity index is 2.39.